The van der Waals surface area contributed by atoms with Crippen LogP contribution in [0.5, 0.6) is 0 Å². The molecule has 2 aromatic rings. The van der Waals surface area contributed by atoms with Crippen LogP contribution in [0.3, 0.4) is 0 Å². The van der Waals surface area contributed by atoms with Gasteiger partial charge in [-0.05, 0) is 87.2 Å². The van der Waals surface area contributed by atoms with E-state index in [1.165, 1.54) is 49.1 Å². The van der Waals surface area contributed by atoms with Crippen LogP contribution in [0.25, 0.3) is 5.52 Å². The van der Waals surface area contributed by atoms with Crippen LogP contribution in [0.2, 0.25) is 0 Å². The zero-order valence-electron chi connectivity index (χ0n) is 15.9. The predicted octanol–water partition coefficient (Wildman–Crippen LogP) is 5.89. The Kier molecular flexibility index (Phi) is 5.64. The Balaban J connectivity index is 0.00000196. The SMILES string of the molecule is C=CCC1(CC=C)CCc2c(c(C)c3ccccn23)C1N1CCCC1.Cl. The number of allylic oxidation sites excluding steroid dienone is 2. The third-order valence-electron chi connectivity index (χ3n) is 6.57. The van der Waals surface area contributed by atoms with Crippen LogP contribution in [0.15, 0.2) is 49.7 Å². The molecular weight excluding hydrogens is 340 g/mol. The second kappa shape index (κ2) is 7.62. The lowest BCUT2D eigenvalue weighted by atomic mass is 9.64. The zero-order valence-corrected chi connectivity index (χ0v) is 16.7. The summed E-state index contributed by atoms with van der Waals surface area (Å²) in [4.78, 5) is 2.76. The second-order valence-corrected chi connectivity index (χ2v) is 7.93. The third-order valence-corrected chi connectivity index (χ3v) is 6.57. The molecule has 1 aliphatic carbocycles. The summed E-state index contributed by atoms with van der Waals surface area (Å²) in [6, 6.07) is 7.10. The van der Waals surface area contributed by atoms with E-state index in [-0.39, 0.29) is 17.8 Å². The maximum absolute atomic E-state index is 4.11. The molecule has 4 rings (SSSR count). The van der Waals surface area contributed by atoms with Crippen LogP contribution >= 0.6 is 12.4 Å². The molecule has 0 aromatic carbocycles. The molecule has 140 valence electrons. The fourth-order valence-electron chi connectivity index (χ4n) is 5.55. The standard InChI is InChI=1S/C23H30N2.ClH/c1-4-12-23(13-5-2)14-11-20-21(22(23)24-15-8-9-16-24)18(3)19-10-6-7-17-25(19)20;/h4-7,10,17,22H,1-2,8-9,11-16H2,3H3;1H. The van der Waals surface area contributed by atoms with Gasteiger partial charge in [-0.3, -0.25) is 4.90 Å². The van der Waals surface area contributed by atoms with Crippen LogP contribution in [0.4, 0.5) is 0 Å². The Bertz CT molecular complexity index is 788. The van der Waals surface area contributed by atoms with Crippen molar-refractivity contribution >= 4 is 17.9 Å². The van der Waals surface area contributed by atoms with Crippen molar-refractivity contribution in [2.24, 2.45) is 5.41 Å². The van der Waals surface area contributed by atoms with Gasteiger partial charge in [0.15, 0.2) is 0 Å². The Labute approximate surface area is 164 Å². The molecule has 3 heteroatoms. The number of hydrogen-bond acceptors (Lipinski definition) is 1. The van der Waals surface area contributed by atoms with Gasteiger partial charge in [-0.15, -0.1) is 25.6 Å². The molecule has 0 amide bonds. The van der Waals surface area contributed by atoms with Crippen LogP contribution in [-0.2, 0) is 6.42 Å². The van der Waals surface area contributed by atoms with Crippen molar-refractivity contribution < 1.29 is 0 Å². The summed E-state index contributed by atoms with van der Waals surface area (Å²) < 4.78 is 2.44. The predicted molar refractivity (Wildman–Crippen MR) is 113 cm³/mol. The molecule has 2 aromatic heterocycles. The lowest BCUT2D eigenvalue weighted by molar-refractivity contribution is 0.0627. The Hall–Kier alpha value is -1.51. The van der Waals surface area contributed by atoms with Crippen molar-refractivity contribution in [3.63, 3.8) is 0 Å². The summed E-state index contributed by atoms with van der Waals surface area (Å²) >= 11 is 0. The van der Waals surface area contributed by atoms with E-state index in [1.54, 1.807) is 5.56 Å². The highest BCUT2D eigenvalue weighted by molar-refractivity contribution is 5.85. The minimum Gasteiger partial charge on any atom is -0.320 e. The number of hydrogen-bond donors (Lipinski definition) is 0. The first-order valence-electron chi connectivity index (χ1n) is 9.76. The van der Waals surface area contributed by atoms with E-state index >= 15 is 0 Å². The summed E-state index contributed by atoms with van der Waals surface area (Å²) in [7, 11) is 0. The zero-order chi connectivity index (χ0) is 17.4. The first-order valence-corrected chi connectivity index (χ1v) is 9.76. The highest BCUT2D eigenvalue weighted by atomic mass is 35.5. The monoisotopic (exact) mass is 370 g/mol. The number of fused-ring (bicyclic) bond motifs is 3. The van der Waals surface area contributed by atoms with Crippen LogP contribution in [0, 0.1) is 12.3 Å². The highest BCUT2D eigenvalue weighted by Gasteiger charge is 2.47. The van der Waals surface area contributed by atoms with Gasteiger partial charge in [-0.1, -0.05) is 18.2 Å². The van der Waals surface area contributed by atoms with Gasteiger partial charge in [0.2, 0.25) is 0 Å². The van der Waals surface area contributed by atoms with E-state index in [0.29, 0.717) is 6.04 Å². The van der Waals surface area contributed by atoms with Gasteiger partial charge in [0.1, 0.15) is 0 Å². The first-order chi connectivity index (χ1) is 12.2. The molecule has 2 nitrogen and oxygen atoms in total. The lowest BCUT2D eigenvalue weighted by Gasteiger charge is -2.48. The van der Waals surface area contributed by atoms with E-state index < -0.39 is 0 Å². The second-order valence-electron chi connectivity index (χ2n) is 7.93. The molecule has 1 saturated heterocycles. The van der Waals surface area contributed by atoms with Gasteiger partial charge in [-0.2, -0.15) is 0 Å². The molecule has 1 fully saturated rings. The van der Waals surface area contributed by atoms with Gasteiger partial charge in [0.05, 0.1) is 0 Å². The molecular formula is C23H31ClN2. The van der Waals surface area contributed by atoms with E-state index in [2.05, 4.69) is 65.9 Å². The normalized spacial score (nSPS) is 22.0. The maximum atomic E-state index is 4.11. The maximum Gasteiger partial charge on any atom is 0.0485 e. The number of aryl methyl sites for hydroxylation is 2. The average Bonchev–Trinajstić information content (AvgIpc) is 3.24. The van der Waals surface area contributed by atoms with Gasteiger partial charge >= 0.3 is 0 Å². The molecule has 0 bridgehead atoms. The third kappa shape index (κ3) is 2.84. The molecule has 0 saturated carbocycles. The molecule has 0 radical (unpaired) electrons. The van der Waals surface area contributed by atoms with E-state index in [4.69, 9.17) is 0 Å². The van der Waals surface area contributed by atoms with Crippen molar-refractivity contribution in [3.05, 3.63) is 66.5 Å². The summed E-state index contributed by atoms with van der Waals surface area (Å²) in [5.41, 5.74) is 6.24. The Morgan fingerprint density at radius 1 is 1.15 bits per heavy atom. The minimum atomic E-state index is 0. The van der Waals surface area contributed by atoms with Crippen molar-refractivity contribution in [2.45, 2.75) is 51.5 Å². The number of rotatable bonds is 5. The lowest BCUT2D eigenvalue weighted by Crippen LogP contribution is -2.43. The van der Waals surface area contributed by atoms with Crippen molar-refractivity contribution in [2.75, 3.05) is 13.1 Å². The van der Waals surface area contributed by atoms with Gasteiger partial charge in [0.25, 0.3) is 0 Å². The number of halogens is 1. The van der Waals surface area contributed by atoms with Crippen LogP contribution in [-0.4, -0.2) is 22.4 Å². The van der Waals surface area contributed by atoms with E-state index in [1.807, 2.05) is 0 Å². The number of pyridine rings is 1. The Morgan fingerprint density at radius 3 is 2.50 bits per heavy atom. The smallest absolute Gasteiger partial charge is 0.0485 e. The summed E-state index contributed by atoms with van der Waals surface area (Å²) in [5, 5.41) is 0. The van der Waals surface area contributed by atoms with Crippen molar-refractivity contribution in [1.29, 1.82) is 0 Å². The van der Waals surface area contributed by atoms with Gasteiger partial charge in [0, 0.05) is 23.4 Å². The summed E-state index contributed by atoms with van der Waals surface area (Å²) in [6.07, 6.45) is 13.7. The van der Waals surface area contributed by atoms with Crippen LogP contribution in [0.1, 0.15) is 55.0 Å². The summed E-state index contributed by atoms with van der Waals surface area (Å²) in [5.74, 6) is 0. The van der Waals surface area contributed by atoms with E-state index in [0.717, 1.165) is 19.3 Å². The van der Waals surface area contributed by atoms with E-state index in [9.17, 15) is 0 Å². The molecule has 1 unspecified atom stereocenters. The quantitative estimate of drug-likeness (QED) is 0.595. The number of nitrogens with zero attached hydrogens (tertiary/aromatic N) is 2. The van der Waals surface area contributed by atoms with Gasteiger partial charge < -0.3 is 4.40 Å². The van der Waals surface area contributed by atoms with Crippen molar-refractivity contribution in [3.8, 4) is 0 Å². The molecule has 1 aliphatic heterocycles. The fourth-order valence-corrected chi connectivity index (χ4v) is 5.55. The molecule has 26 heavy (non-hydrogen) atoms. The topological polar surface area (TPSA) is 7.65 Å². The molecule has 0 N–H and O–H groups in total. The number of aromatic nitrogens is 1. The number of likely N-dealkylation sites (tertiary alicyclic amines) is 1. The average molecular weight is 371 g/mol. The molecule has 0 spiro atoms. The molecule has 3 heterocycles. The van der Waals surface area contributed by atoms with Crippen LogP contribution < -0.4 is 0 Å². The van der Waals surface area contributed by atoms with Crippen molar-refractivity contribution in [1.82, 2.24) is 9.30 Å². The molecule has 1 atom stereocenters. The first kappa shape index (κ1) is 19.3. The summed E-state index contributed by atoms with van der Waals surface area (Å²) in [6.45, 7) is 13.0. The van der Waals surface area contributed by atoms with Gasteiger partial charge in [-0.25, -0.2) is 0 Å². The molecule has 2 aliphatic rings. The Morgan fingerprint density at radius 2 is 1.85 bits per heavy atom. The largest absolute Gasteiger partial charge is 0.320 e. The fraction of sp³-hybridized carbons (Fsp3) is 0.478. The minimum absolute atomic E-state index is 0. The highest BCUT2D eigenvalue weighted by Crippen LogP contribution is 2.54.